The third-order valence-corrected chi connectivity index (χ3v) is 3.08. The van der Waals surface area contributed by atoms with Crippen molar-refractivity contribution in [2.75, 3.05) is 13.7 Å². The number of hydrogen-bond donors (Lipinski definition) is 1. The molecule has 90 valence electrons. The molecule has 0 saturated carbocycles. The van der Waals surface area contributed by atoms with Gasteiger partial charge in [-0.05, 0) is 17.5 Å². The number of aromatic nitrogens is 2. The Bertz CT molecular complexity index is 356. The van der Waals surface area contributed by atoms with Gasteiger partial charge in [-0.3, -0.25) is 4.79 Å². The van der Waals surface area contributed by atoms with E-state index < -0.39 is 0 Å². The first-order valence-corrected chi connectivity index (χ1v) is 6.02. The standard InChI is InChI=1S/C9H14ClN3O2S/c1-5(2)6(4-15-3)11-7(14)8-12-13-9(10)16-8/h5-6H,4H2,1-3H3,(H,11,14). The van der Waals surface area contributed by atoms with Gasteiger partial charge in [0, 0.05) is 7.11 Å². The molecule has 0 aliphatic heterocycles. The molecule has 7 heteroatoms. The second-order valence-corrected chi connectivity index (χ2v) is 5.20. The van der Waals surface area contributed by atoms with Crippen LogP contribution in [0.1, 0.15) is 23.6 Å². The molecule has 1 N–H and O–H groups in total. The lowest BCUT2D eigenvalue weighted by Crippen LogP contribution is -2.41. The molecule has 1 unspecified atom stereocenters. The number of nitrogens with one attached hydrogen (secondary N) is 1. The third-order valence-electron chi connectivity index (χ3n) is 2.06. The van der Waals surface area contributed by atoms with Crippen molar-refractivity contribution in [2.24, 2.45) is 5.92 Å². The summed E-state index contributed by atoms with van der Waals surface area (Å²) in [6, 6.07) is -0.0415. The molecule has 0 aliphatic carbocycles. The van der Waals surface area contributed by atoms with Crippen molar-refractivity contribution in [1.82, 2.24) is 15.5 Å². The number of carbonyl (C=O) groups excluding carboxylic acids is 1. The van der Waals surface area contributed by atoms with E-state index >= 15 is 0 Å². The monoisotopic (exact) mass is 263 g/mol. The Morgan fingerprint density at radius 2 is 2.25 bits per heavy atom. The van der Waals surface area contributed by atoms with Gasteiger partial charge in [-0.2, -0.15) is 0 Å². The number of nitrogens with zero attached hydrogens (tertiary/aromatic N) is 2. The Labute approximate surface area is 103 Å². The molecule has 0 bridgehead atoms. The van der Waals surface area contributed by atoms with Crippen LogP contribution in [-0.4, -0.2) is 35.9 Å². The van der Waals surface area contributed by atoms with Crippen LogP contribution in [-0.2, 0) is 4.74 Å². The van der Waals surface area contributed by atoms with Crippen LogP contribution < -0.4 is 5.32 Å². The molecule has 1 amide bonds. The zero-order valence-electron chi connectivity index (χ0n) is 9.36. The number of amides is 1. The van der Waals surface area contributed by atoms with Gasteiger partial charge in [0.05, 0.1) is 12.6 Å². The Morgan fingerprint density at radius 3 is 2.69 bits per heavy atom. The van der Waals surface area contributed by atoms with Crippen molar-refractivity contribution in [3.8, 4) is 0 Å². The minimum atomic E-state index is -0.264. The van der Waals surface area contributed by atoms with Gasteiger partial charge in [0.1, 0.15) is 0 Å². The first-order valence-electron chi connectivity index (χ1n) is 4.83. The smallest absolute Gasteiger partial charge is 0.282 e. The third kappa shape index (κ3) is 3.70. The van der Waals surface area contributed by atoms with Crippen LogP contribution in [0.5, 0.6) is 0 Å². The topological polar surface area (TPSA) is 64.1 Å². The van der Waals surface area contributed by atoms with E-state index in [0.717, 1.165) is 11.3 Å². The lowest BCUT2D eigenvalue weighted by Gasteiger charge is -2.20. The van der Waals surface area contributed by atoms with Crippen molar-refractivity contribution < 1.29 is 9.53 Å². The first-order chi connectivity index (χ1) is 7.54. The minimum absolute atomic E-state index is 0.0415. The lowest BCUT2D eigenvalue weighted by molar-refractivity contribution is 0.0865. The highest BCUT2D eigenvalue weighted by Gasteiger charge is 2.19. The van der Waals surface area contributed by atoms with Crippen LogP contribution in [0.2, 0.25) is 4.47 Å². The fourth-order valence-corrected chi connectivity index (χ4v) is 1.84. The molecule has 1 heterocycles. The molecule has 0 radical (unpaired) electrons. The van der Waals surface area contributed by atoms with Gasteiger partial charge in [-0.1, -0.05) is 25.2 Å². The van der Waals surface area contributed by atoms with Gasteiger partial charge in [-0.15, -0.1) is 10.2 Å². The summed E-state index contributed by atoms with van der Waals surface area (Å²) in [7, 11) is 1.60. The van der Waals surface area contributed by atoms with Crippen LogP contribution in [0.15, 0.2) is 0 Å². The molecular formula is C9H14ClN3O2S. The Kier molecular flexibility index (Phi) is 5.11. The Hall–Kier alpha value is -0.720. The molecule has 1 aromatic heterocycles. The lowest BCUT2D eigenvalue weighted by atomic mass is 10.1. The van der Waals surface area contributed by atoms with Gasteiger partial charge < -0.3 is 10.1 Å². The van der Waals surface area contributed by atoms with Gasteiger partial charge in [0.25, 0.3) is 5.91 Å². The van der Waals surface area contributed by atoms with Crippen LogP contribution in [0.25, 0.3) is 0 Å². The first kappa shape index (κ1) is 13.3. The van der Waals surface area contributed by atoms with Crippen LogP contribution in [0, 0.1) is 5.92 Å². The summed E-state index contributed by atoms with van der Waals surface area (Å²) in [5.74, 6) is 0.0208. The zero-order valence-corrected chi connectivity index (χ0v) is 10.9. The second kappa shape index (κ2) is 6.12. The maximum absolute atomic E-state index is 11.7. The maximum atomic E-state index is 11.7. The molecule has 0 saturated heterocycles. The Balaban J connectivity index is 2.61. The van der Waals surface area contributed by atoms with Crippen molar-refractivity contribution in [2.45, 2.75) is 19.9 Å². The average Bonchev–Trinajstić information content (AvgIpc) is 2.64. The summed E-state index contributed by atoms with van der Waals surface area (Å²) in [4.78, 5) is 11.7. The normalized spacial score (nSPS) is 12.8. The van der Waals surface area contributed by atoms with Crippen LogP contribution in [0.4, 0.5) is 0 Å². The minimum Gasteiger partial charge on any atom is -0.383 e. The predicted molar refractivity (Wildman–Crippen MR) is 62.9 cm³/mol. The Morgan fingerprint density at radius 1 is 1.56 bits per heavy atom. The summed E-state index contributed by atoms with van der Waals surface area (Å²) in [6.45, 7) is 4.49. The summed E-state index contributed by atoms with van der Waals surface area (Å²) in [5.41, 5.74) is 0. The van der Waals surface area contributed by atoms with E-state index in [1.54, 1.807) is 7.11 Å². The molecule has 0 fully saturated rings. The fraction of sp³-hybridized carbons (Fsp3) is 0.667. The van der Waals surface area contributed by atoms with E-state index in [-0.39, 0.29) is 27.3 Å². The molecule has 0 aliphatic rings. The van der Waals surface area contributed by atoms with E-state index in [4.69, 9.17) is 16.3 Å². The van der Waals surface area contributed by atoms with Gasteiger partial charge in [0.2, 0.25) is 9.47 Å². The van der Waals surface area contributed by atoms with Crippen molar-refractivity contribution in [3.63, 3.8) is 0 Å². The summed E-state index contributed by atoms with van der Waals surface area (Å²) in [6.07, 6.45) is 0. The number of rotatable bonds is 5. The highest BCUT2D eigenvalue weighted by atomic mass is 35.5. The molecular weight excluding hydrogens is 250 g/mol. The number of ether oxygens (including phenoxy) is 1. The quantitative estimate of drug-likeness (QED) is 0.876. The number of methoxy groups -OCH3 is 1. The predicted octanol–water partition coefficient (Wildman–Crippen LogP) is 1.59. The molecule has 5 nitrogen and oxygen atoms in total. The molecule has 1 aromatic rings. The number of hydrogen-bond acceptors (Lipinski definition) is 5. The molecule has 16 heavy (non-hydrogen) atoms. The summed E-state index contributed by atoms with van der Waals surface area (Å²) >= 11 is 6.66. The van der Waals surface area contributed by atoms with Gasteiger partial charge in [0.15, 0.2) is 0 Å². The second-order valence-electron chi connectivity index (χ2n) is 3.64. The van der Waals surface area contributed by atoms with Crippen LogP contribution in [0.3, 0.4) is 0 Å². The van der Waals surface area contributed by atoms with E-state index in [1.807, 2.05) is 13.8 Å². The van der Waals surface area contributed by atoms with Gasteiger partial charge >= 0.3 is 0 Å². The molecule has 0 spiro atoms. The highest BCUT2D eigenvalue weighted by molar-refractivity contribution is 7.17. The molecule has 0 aromatic carbocycles. The van der Waals surface area contributed by atoms with Crippen molar-refractivity contribution in [3.05, 3.63) is 9.47 Å². The number of carbonyl (C=O) groups is 1. The largest absolute Gasteiger partial charge is 0.383 e. The fourth-order valence-electron chi connectivity index (χ4n) is 1.11. The van der Waals surface area contributed by atoms with E-state index in [1.165, 1.54) is 0 Å². The van der Waals surface area contributed by atoms with E-state index in [9.17, 15) is 4.79 Å². The SMILES string of the molecule is COCC(NC(=O)c1nnc(Cl)s1)C(C)C. The molecule has 1 rings (SSSR count). The maximum Gasteiger partial charge on any atom is 0.282 e. The van der Waals surface area contributed by atoms with E-state index in [0.29, 0.717) is 6.61 Å². The molecule has 1 atom stereocenters. The summed E-state index contributed by atoms with van der Waals surface area (Å²) in [5, 5.41) is 10.4. The summed E-state index contributed by atoms with van der Waals surface area (Å²) < 4.78 is 5.30. The van der Waals surface area contributed by atoms with Gasteiger partial charge in [-0.25, -0.2) is 0 Å². The van der Waals surface area contributed by atoms with E-state index in [2.05, 4.69) is 15.5 Å². The van der Waals surface area contributed by atoms with Crippen molar-refractivity contribution >= 4 is 28.8 Å². The zero-order chi connectivity index (χ0) is 12.1. The average molecular weight is 264 g/mol. The van der Waals surface area contributed by atoms with Crippen LogP contribution >= 0.6 is 22.9 Å². The highest BCUT2D eigenvalue weighted by Crippen LogP contribution is 2.15. The number of halogens is 1. The van der Waals surface area contributed by atoms with Crippen molar-refractivity contribution in [1.29, 1.82) is 0 Å².